The van der Waals surface area contributed by atoms with Crippen molar-refractivity contribution in [3.8, 4) is 0 Å². The van der Waals surface area contributed by atoms with Crippen molar-refractivity contribution >= 4 is 47.9 Å². The summed E-state index contributed by atoms with van der Waals surface area (Å²) in [7, 11) is -3.45. The molecule has 0 N–H and O–H groups in total. The van der Waals surface area contributed by atoms with E-state index in [9.17, 15) is 8.42 Å². The van der Waals surface area contributed by atoms with E-state index >= 15 is 0 Å². The van der Waals surface area contributed by atoms with Gasteiger partial charge in [-0.1, -0.05) is 121 Å². The first-order valence-corrected chi connectivity index (χ1v) is 12.6. The normalized spacial score (nSPS) is 11.3. The monoisotopic (exact) mass is 436 g/mol. The Hall–Kier alpha value is 0.390. The Morgan fingerprint density at radius 2 is 1.11 bits per heavy atom. The van der Waals surface area contributed by atoms with Crippen LogP contribution in [0.15, 0.2) is 30.3 Å². The molecule has 1 aromatic carbocycles. The van der Waals surface area contributed by atoms with Crippen LogP contribution >= 0.6 is 0 Å². The molecule has 1 rings (SSSR count). The Bertz CT molecular complexity index is 546. The largest absolute Gasteiger partial charge is 0.271 e. The van der Waals surface area contributed by atoms with Crippen molar-refractivity contribution in [2.75, 3.05) is 6.61 Å². The van der Waals surface area contributed by atoms with Crippen molar-refractivity contribution in [3.05, 3.63) is 35.9 Å². The molecule has 158 valence electrons. The Morgan fingerprint density at radius 3 is 1.57 bits per heavy atom. The van der Waals surface area contributed by atoms with Gasteiger partial charge in [0, 0.05) is 37.7 Å². The predicted molar refractivity (Wildman–Crippen MR) is 121 cm³/mol. The molecule has 0 saturated heterocycles. The molecule has 28 heavy (non-hydrogen) atoms. The van der Waals surface area contributed by atoms with Crippen LogP contribution in [0.4, 0.5) is 0 Å². The summed E-state index contributed by atoms with van der Waals surface area (Å²) in [4.78, 5) is 0. The summed E-state index contributed by atoms with van der Waals surface area (Å²) in [5.41, 5.74) is 0.776. The van der Waals surface area contributed by atoms with Gasteiger partial charge in [0.15, 0.2) is 0 Å². The van der Waals surface area contributed by atoms with Crippen molar-refractivity contribution in [3.63, 3.8) is 0 Å². The van der Waals surface area contributed by atoms with E-state index < -0.39 is 10.1 Å². The van der Waals surface area contributed by atoms with Crippen LogP contribution in [0, 0.1) is 0 Å². The fourth-order valence-electron chi connectivity index (χ4n) is 3.30. The summed E-state index contributed by atoms with van der Waals surface area (Å²) < 4.78 is 28.9. The van der Waals surface area contributed by atoms with Gasteiger partial charge in [0.25, 0.3) is 10.1 Å². The molecule has 1 aromatic rings. The second-order valence-corrected chi connectivity index (χ2v) is 9.25. The average molecular weight is 437 g/mol. The van der Waals surface area contributed by atoms with Gasteiger partial charge in [0.2, 0.25) is 0 Å². The van der Waals surface area contributed by atoms with Gasteiger partial charge >= 0.3 is 0 Å². The zero-order valence-corrected chi connectivity index (χ0v) is 21.1. The van der Waals surface area contributed by atoms with Crippen LogP contribution < -0.4 is 0 Å². The minimum atomic E-state index is -3.45. The number of rotatable bonds is 18. The van der Waals surface area contributed by atoms with Crippen molar-refractivity contribution in [2.24, 2.45) is 0 Å². The third kappa shape index (κ3) is 17.3. The molecule has 0 bridgehead atoms. The van der Waals surface area contributed by atoms with Crippen molar-refractivity contribution < 1.29 is 12.6 Å². The number of unbranched alkanes of at least 4 members (excludes halogenated alkanes) is 13. The Morgan fingerprint density at radius 1 is 0.679 bits per heavy atom. The third-order valence-electron chi connectivity index (χ3n) is 4.95. The molecule has 0 amide bonds. The standard InChI is InChI=1S/C23H40O3S.Ca/c1-2-3-4-5-6-7-8-9-10-11-12-13-14-18-21-26-27(24,25)22-23-19-16-15-17-20-23;/h15-17,19-20H,2-14,18,21-22H2,1H3;. The van der Waals surface area contributed by atoms with E-state index in [0.29, 0.717) is 6.61 Å². The summed E-state index contributed by atoms with van der Waals surface area (Å²) in [6, 6.07) is 9.20. The SMILES string of the molecule is CCCCCCCCCCCCCCCCOS(=O)(=O)Cc1ccccc1.[Ca]. The Labute approximate surface area is 204 Å². The van der Waals surface area contributed by atoms with Crippen LogP contribution in [0.3, 0.4) is 0 Å². The molecule has 0 spiro atoms. The fourth-order valence-corrected chi connectivity index (χ4v) is 4.36. The van der Waals surface area contributed by atoms with Gasteiger partial charge in [0.1, 0.15) is 5.75 Å². The van der Waals surface area contributed by atoms with Crippen LogP contribution in [0.2, 0.25) is 0 Å². The molecule has 2 radical (unpaired) electrons. The molecule has 0 atom stereocenters. The van der Waals surface area contributed by atoms with Gasteiger partial charge in [-0.3, -0.25) is 4.18 Å². The molecular weight excluding hydrogens is 396 g/mol. The van der Waals surface area contributed by atoms with E-state index in [1.807, 2.05) is 30.3 Å². The van der Waals surface area contributed by atoms with E-state index in [0.717, 1.165) is 18.4 Å². The van der Waals surface area contributed by atoms with E-state index in [-0.39, 0.29) is 43.5 Å². The molecule has 5 heteroatoms. The molecule has 0 aliphatic rings. The summed E-state index contributed by atoms with van der Waals surface area (Å²) in [5, 5.41) is 0. The maximum atomic E-state index is 11.9. The van der Waals surface area contributed by atoms with E-state index in [1.165, 1.54) is 77.0 Å². The molecule has 0 aromatic heterocycles. The first-order chi connectivity index (χ1) is 13.1. The minimum Gasteiger partial charge on any atom is -0.270 e. The van der Waals surface area contributed by atoms with Crippen LogP contribution in [0.5, 0.6) is 0 Å². The van der Waals surface area contributed by atoms with Gasteiger partial charge in [-0.05, 0) is 12.0 Å². The maximum Gasteiger partial charge on any atom is 0.271 e. The average Bonchev–Trinajstić information content (AvgIpc) is 2.65. The second kappa shape index (κ2) is 19.4. The van der Waals surface area contributed by atoms with E-state index in [2.05, 4.69) is 6.92 Å². The summed E-state index contributed by atoms with van der Waals surface area (Å²) >= 11 is 0. The van der Waals surface area contributed by atoms with Crippen LogP contribution in [0.1, 0.15) is 102 Å². The van der Waals surface area contributed by atoms with Crippen LogP contribution in [-0.4, -0.2) is 52.8 Å². The zero-order chi connectivity index (χ0) is 19.6. The van der Waals surface area contributed by atoms with E-state index in [4.69, 9.17) is 4.18 Å². The topological polar surface area (TPSA) is 43.4 Å². The Balaban J connectivity index is 0.00000729. The van der Waals surface area contributed by atoms with Gasteiger partial charge in [-0.2, -0.15) is 8.42 Å². The number of hydrogen-bond acceptors (Lipinski definition) is 3. The van der Waals surface area contributed by atoms with Crippen molar-refractivity contribution in [1.82, 2.24) is 0 Å². The van der Waals surface area contributed by atoms with Gasteiger partial charge in [-0.15, -0.1) is 0 Å². The minimum absolute atomic E-state index is 0. The first kappa shape index (κ1) is 28.4. The predicted octanol–water partition coefficient (Wildman–Crippen LogP) is 6.63. The van der Waals surface area contributed by atoms with Crippen molar-refractivity contribution in [2.45, 2.75) is 103 Å². The molecular formula is C23H40CaO3S. The Kier molecular flexibility index (Phi) is 19.6. The summed E-state index contributed by atoms with van der Waals surface area (Å²) in [5.74, 6) is -0.0353. The molecule has 0 aliphatic carbocycles. The molecule has 0 aliphatic heterocycles. The van der Waals surface area contributed by atoms with Gasteiger partial charge < -0.3 is 0 Å². The molecule has 0 fully saturated rings. The van der Waals surface area contributed by atoms with E-state index in [1.54, 1.807) is 0 Å². The zero-order valence-electron chi connectivity index (χ0n) is 18.0. The molecule has 0 heterocycles. The molecule has 0 unspecified atom stereocenters. The van der Waals surface area contributed by atoms with Crippen molar-refractivity contribution in [1.29, 1.82) is 0 Å². The smallest absolute Gasteiger partial charge is 0.270 e. The van der Waals surface area contributed by atoms with Gasteiger partial charge in [0.05, 0.1) is 6.61 Å². The number of benzene rings is 1. The first-order valence-electron chi connectivity index (χ1n) is 11.0. The third-order valence-corrected chi connectivity index (χ3v) is 6.16. The quantitative estimate of drug-likeness (QED) is 0.147. The second-order valence-electron chi connectivity index (χ2n) is 7.61. The van der Waals surface area contributed by atoms with Crippen LogP contribution in [-0.2, 0) is 20.1 Å². The van der Waals surface area contributed by atoms with Crippen LogP contribution in [0.25, 0.3) is 0 Å². The fraction of sp³-hybridized carbons (Fsp3) is 0.739. The summed E-state index contributed by atoms with van der Waals surface area (Å²) in [6.07, 6.45) is 18.1. The molecule has 3 nitrogen and oxygen atoms in total. The maximum absolute atomic E-state index is 11.9. The number of hydrogen-bond donors (Lipinski definition) is 0. The molecule has 0 saturated carbocycles. The summed E-state index contributed by atoms with van der Waals surface area (Å²) in [6.45, 7) is 2.58. The van der Waals surface area contributed by atoms with Gasteiger partial charge in [-0.25, -0.2) is 0 Å².